The van der Waals surface area contributed by atoms with Crippen LogP contribution < -0.4 is 11.1 Å². The van der Waals surface area contributed by atoms with Crippen LogP contribution in [0.15, 0.2) is 0 Å². The van der Waals surface area contributed by atoms with Crippen LogP contribution in [0, 0.1) is 23.7 Å². The molecule has 3 N–H and O–H groups in total. The summed E-state index contributed by atoms with van der Waals surface area (Å²) < 4.78 is 0. The molecule has 0 heterocycles. The molecule has 2 rings (SSSR count). The van der Waals surface area contributed by atoms with Gasteiger partial charge in [-0.2, -0.15) is 0 Å². The van der Waals surface area contributed by atoms with Crippen LogP contribution in [0.3, 0.4) is 0 Å². The minimum Gasteiger partial charge on any atom is -0.353 e. The van der Waals surface area contributed by atoms with Crippen LogP contribution in [-0.4, -0.2) is 18.5 Å². The fourth-order valence-corrected chi connectivity index (χ4v) is 3.49. The van der Waals surface area contributed by atoms with Gasteiger partial charge in [-0.1, -0.05) is 13.3 Å². The third kappa shape index (κ3) is 3.14. The molecule has 1 amide bonds. The predicted molar refractivity (Wildman–Crippen MR) is 72.0 cm³/mol. The monoisotopic (exact) mass is 260 g/mol. The lowest BCUT2D eigenvalue weighted by Gasteiger charge is -2.29. The van der Waals surface area contributed by atoms with Crippen molar-refractivity contribution in [1.29, 1.82) is 0 Å². The van der Waals surface area contributed by atoms with Gasteiger partial charge < -0.3 is 11.1 Å². The highest BCUT2D eigenvalue weighted by Crippen LogP contribution is 2.49. The Balaban J connectivity index is 0.00000144. The van der Waals surface area contributed by atoms with Gasteiger partial charge in [0, 0.05) is 18.5 Å². The minimum absolute atomic E-state index is 0. The quantitative estimate of drug-likeness (QED) is 0.812. The highest BCUT2D eigenvalue weighted by molar-refractivity contribution is 5.85. The molecule has 0 aliphatic heterocycles. The van der Waals surface area contributed by atoms with Gasteiger partial charge in [-0.25, -0.2) is 0 Å². The van der Waals surface area contributed by atoms with Crippen molar-refractivity contribution in [3.05, 3.63) is 0 Å². The fourth-order valence-electron chi connectivity index (χ4n) is 3.49. The summed E-state index contributed by atoms with van der Waals surface area (Å²) in [7, 11) is 0. The normalized spacial score (nSPS) is 33.9. The molecule has 0 spiro atoms. The number of hydrogen-bond donors (Lipinski definition) is 2. The third-order valence-corrected chi connectivity index (χ3v) is 4.61. The summed E-state index contributed by atoms with van der Waals surface area (Å²) >= 11 is 0. The lowest BCUT2D eigenvalue weighted by Crippen LogP contribution is -2.43. The maximum absolute atomic E-state index is 11.8. The summed E-state index contributed by atoms with van der Waals surface area (Å²) in [5, 5.41) is 3.14. The van der Waals surface area contributed by atoms with E-state index in [0.29, 0.717) is 18.5 Å². The van der Waals surface area contributed by atoms with E-state index >= 15 is 0 Å². The summed E-state index contributed by atoms with van der Waals surface area (Å²) in [5.41, 5.74) is 5.50. The fraction of sp³-hybridized carbons (Fsp3) is 0.923. The van der Waals surface area contributed by atoms with Crippen molar-refractivity contribution in [2.75, 3.05) is 6.54 Å². The van der Waals surface area contributed by atoms with Gasteiger partial charge in [0.25, 0.3) is 0 Å². The van der Waals surface area contributed by atoms with Crippen molar-refractivity contribution in [2.24, 2.45) is 29.4 Å². The maximum Gasteiger partial charge on any atom is 0.224 e. The first-order valence-electron chi connectivity index (χ1n) is 6.62. The van der Waals surface area contributed by atoms with Crippen molar-refractivity contribution < 1.29 is 4.79 Å². The number of rotatable bonds is 4. The Kier molecular flexibility index (Phi) is 5.26. The topological polar surface area (TPSA) is 55.1 Å². The number of nitrogens with one attached hydrogen (secondary N) is 1. The molecule has 0 saturated heterocycles. The number of fused-ring (bicyclic) bond motifs is 2. The number of carbonyl (C=O) groups excluding carboxylic acids is 1. The van der Waals surface area contributed by atoms with E-state index in [9.17, 15) is 4.79 Å². The van der Waals surface area contributed by atoms with Gasteiger partial charge in [-0.15, -0.1) is 12.4 Å². The molecule has 2 aliphatic rings. The average Bonchev–Trinajstić information content (AvgIpc) is 2.89. The SMILES string of the molecule is CC(CN)C(=O)NC(C)C1CC2CCC1C2.Cl. The highest BCUT2D eigenvalue weighted by atomic mass is 35.5. The van der Waals surface area contributed by atoms with Crippen LogP contribution >= 0.6 is 12.4 Å². The first kappa shape index (κ1) is 14.8. The summed E-state index contributed by atoms with van der Waals surface area (Å²) in [6.07, 6.45) is 5.52. The van der Waals surface area contributed by atoms with E-state index in [1.807, 2.05) is 6.92 Å². The van der Waals surface area contributed by atoms with Gasteiger partial charge in [0.05, 0.1) is 0 Å². The first-order valence-corrected chi connectivity index (χ1v) is 6.62. The number of amides is 1. The molecule has 2 fully saturated rings. The Morgan fingerprint density at radius 3 is 2.53 bits per heavy atom. The molecule has 2 bridgehead atoms. The van der Waals surface area contributed by atoms with Crippen LogP contribution in [0.2, 0.25) is 0 Å². The second kappa shape index (κ2) is 6.05. The van der Waals surface area contributed by atoms with Crippen molar-refractivity contribution in [2.45, 2.75) is 45.6 Å². The van der Waals surface area contributed by atoms with E-state index in [0.717, 1.165) is 11.8 Å². The van der Waals surface area contributed by atoms with E-state index in [2.05, 4.69) is 12.2 Å². The Bertz CT molecular complexity index is 272. The zero-order chi connectivity index (χ0) is 11.7. The molecule has 17 heavy (non-hydrogen) atoms. The zero-order valence-electron chi connectivity index (χ0n) is 10.8. The number of halogens is 1. The molecule has 3 nitrogen and oxygen atoms in total. The van der Waals surface area contributed by atoms with Gasteiger partial charge in [-0.05, 0) is 43.9 Å². The van der Waals surface area contributed by atoms with Gasteiger partial charge in [0.1, 0.15) is 0 Å². The smallest absolute Gasteiger partial charge is 0.224 e. The van der Waals surface area contributed by atoms with E-state index in [1.54, 1.807) is 0 Å². The highest BCUT2D eigenvalue weighted by Gasteiger charge is 2.42. The molecular weight excluding hydrogens is 236 g/mol. The van der Waals surface area contributed by atoms with Crippen LogP contribution in [0.4, 0.5) is 0 Å². The molecule has 0 radical (unpaired) electrons. The summed E-state index contributed by atoms with van der Waals surface area (Å²) in [4.78, 5) is 11.8. The lowest BCUT2D eigenvalue weighted by atomic mass is 9.84. The van der Waals surface area contributed by atoms with E-state index in [1.165, 1.54) is 25.7 Å². The molecule has 0 aromatic carbocycles. The first-order chi connectivity index (χ1) is 7.61. The maximum atomic E-state index is 11.8. The molecule has 5 atom stereocenters. The van der Waals surface area contributed by atoms with Crippen LogP contribution in [0.25, 0.3) is 0 Å². The van der Waals surface area contributed by atoms with E-state index in [4.69, 9.17) is 5.73 Å². The minimum atomic E-state index is -0.0546. The molecule has 0 aromatic heterocycles. The Morgan fingerprint density at radius 2 is 2.06 bits per heavy atom. The lowest BCUT2D eigenvalue weighted by molar-refractivity contribution is -0.125. The van der Waals surface area contributed by atoms with Crippen LogP contribution in [0.5, 0.6) is 0 Å². The standard InChI is InChI=1S/C13H24N2O.ClH/c1-8(7-14)13(16)15-9(2)12-6-10-3-4-11(12)5-10;/h8-12H,3-7,14H2,1-2H3,(H,15,16);1H. The summed E-state index contributed by atoms with van der Waals surface area (Å²) in [6.45, 7) is 4.49. The van der Waals surface area contributed by atoms with Gasteiger partial charge in [0.15, 0.2) is 0 Å². The summed E-state index contributed by atoms with van der Waals surface area (Å²) in [5.74, 6) is 2.60. The Labute approximate surface area is 110 Å². The third-order valence-electron chi connectivity index (χ3n) is 4.61. The molecule has 2 saturated carbocycles. The van der Waals surface area contributed by atoms with Crippen LogP contribution in [-0.2, 0) is 4.79 Å². The largest absolute Gasteiger partial charge is 0.353 e. The van der Waals surface area contributed by atoms with Gasteiger partial charge in [-0.3, -0.25) is 4.79 Å². The molecular formula is C13H25ClN2O. The summed E-state index contributed by atoms with van der Waals surface area (Å²) in [6, 6.07) is 0.330. The van der Waals surface area contributed by atoms with Crippen molar-refractivity contribution in [1.82, 2.24) is 5.32 Å². The molecule has 2 aliphatic carbocycles. The van der Waals surface area contributed by atoms with Crippen molar-refractivity contribution in [3.8, 4) is 0 Å². The van der Waals surface area contributed by atoms with Crippen molar-refractivity contribution in [3.63, 3.8) is 0 Å². The van der Waals surface area contributed by atoms with Gasteiger partial charge >= 0.3 is 0 Å². The number of carbonyl (C=O) groups is 1. The predicted octanol–water partition coefficient (Wildman–Crippen LogP) is 1.94. The molecule has 0 aromatic rings. The molecule has 100 valence electrons. The second-order valence-electron chi connectivity index (χ2n) is 5.77. The van der Waals surface area contributed by atoms with Gasteiger partial charge in [0.2, 0.25) is 5.91 Å². The molecule has 5 unspecified atom stereocenters. The Hall–Kier alpha value is -0.280. The van der Waals surface area contributed by atoms with Crippen molar-refractivity contribution >= 4 is 18.3 Å². The Morgan fingerprint density at radius 1 is 1.35 bits per heavy atom. The number of hydrogen-bond acceptors (Lipinski definition) is 2. The second-order valence-corrected chi connectivity index (χ2v) is 5.77. The van der Waals surface area contributed by atoms with E-state index < -0.39 is 0 Å². The molecule has 4 heteroatoms. The number of nitrogens with two attached hydrogens (primary N) is 1. The average molecular weight is 261 g/mol. The zero-order valence-corrected chi connectivity index (χ0v) is 11.6. The van der Waals surface area contributed by atoms with Crippen LogP contribution in [0.1, 0.15) is 39.5 Å². The van der Waals surface area contributed by atoms with E-state index in [-0.39, 0.29) is 24.2 Å².